The summed E-state index contributed by atoms with van der Waals surface area (Å²) in [6, 6.07) is 0. The third-order valence-electron chi connectivity index (χ3n) is 2.25. The van der Waals surface area contributed by atoms with Crippen LogP contribution in [0.15, 0.2) is 0 Å². The molecule has 0 spiro atoms. The fourth-order valence-corrected chi connectivity index (χ4v) is 1.37. The fraction of sp³-hybridized carbons (Fsp3) is 0.900. The summed E-state index contributed by atoms with van der Waals surface area (Å²) >= 11 is 0. The second-order valence-corrected chi connectivity index (χ2v) is 4.84. The average molecular weight is 219 g/mol. The van der Waals surface area contributed by atoms with Gasteiger partial charge in [-0.1, -0.05) is 0 Å². The molecule has 88 valence electrons. The molecule has 1 saturated heterocycles. The number of likely N-dealkylation sites (tertiary alicyclic amines) is 1. The summed E-state index contributed by atoms with van der Waals surface area (Å²) in [4.78, 5) is 12.9. The highest BCUT2D eigenvalue weighted by Crippen LogP contribution is 2.23. The zero-order valence-electron chi connectivity index (χ0n) is 9.36. The second-order valence-electron chi connectivity index (χ2n) is 4.84. The summed E-state index contributed by atoms with van der Waals surface area (Å²) < 4.78 is 18.0. The number of hydrogen-bond acceptors (Lipinski definition) is 3. The topological polar surface area (TPSA) is 49.8 Å². The first-order valence-corrected chi connectivity index (χ1v) is 5.06. The van der Waals surface area contributed by atoms with Crippen molar-refractivity contribution in [2.24, 2.45) is 5.92 Å². The van der Waals surface area contributed by atoms with Crippen LogP contribution in [0.3, 0.4) is 0 Å². The van der Waals surface area contributed by atoms with E-state index >= 15 is 0 Å². The molecule has 0 aromatic rings. The minimum atomic E-state index is -1.23. The van der Waals surface area contributed by atoms with Crippen molar-refractivity contribution >= 4 is 6.09 Å². The van der Waals surface area contributed by atoms with Gasteiger partial charge < -0.3 is 14.7 Å². The molecule has 1 rings (SSSR count). The molecule has 1 aliphatic rings. The van der Waals surface area contributed by atoms with Crippen LogP contribution in [0.25, 0.3) is 0 Å². The highest BCUT2D eigenvalue weighted by molar-refractivity contribution is 5.69. The van der Waals surface area contributed by atoms with Crippen molar-refractivity contribution in [2.45, 2.75) is 32.5 Å². The molecular weight excluding hydrogens is 201 g/mol. The van der Waals surface area contributed by atoms with Crippen LogP contribution < -0.4 is 0 Å². The van der Waals surface area contributed by atoms with Crippen molar-refractivity contribution in [1.29, 1.82) is 0 Å². The number of rotatable bonds is 2. The number of nitrogens with zero attached hydrogens (tertiary/aromatic N) is 1. The largest absolute Gasteiger partial charge is 0.444 e. The van der Waals surface area contributed by atoms with E-state index in [1.54, 1.807) is 20.8 Å². The molecule has 15 heavy (non-hydrogen) atoms. The summed E-state index contributed by atoms with van der Waals surface area (Å²) in [5.41, 5.74) is -0.520. The minimum absolute atomic E-state index is 0.248. The number of carbonyl (C=O) groups excluding carboxylic acids is 1. The molecule has 0 bridgehead atoms. The summed E-state index contributed by atoms with van der Waals surface area (Å²) in [6.45, 7) is 5.54. The van der Waals surface area contributed by atoms with E-state index in [0.29, 0.717) is 13.1 Å². The Kier molecular flexibility index (Phi) is 3.54. The number of halogens is 1. The molecule has 4 nitrogen and oxygen atoms in total. The van der Waals surface area contributed by atoms with E-state index in [-0.39, 0.29) is 5.92 Å². The Balaban J connectivity index is 2.30. The van der Waals surface area contributed by atoms with Crippen LogP contribution >= 0.6 is 0 Å². The highest BCUT2D eigenvalue weighted by Gasteiger charge is 2.38. The van der Waals surface area contributed by atoms with Gasteiger partial charge in [-0.2, -0.15) is 0 Å². The molecule has 0 aliphatic carbocycles. The average Bonchev–Trinajstić information content (AvgIpc) is 1.97. The molecule has 5 heteroatoms. The molecule has 1 heterocycles. The third-order valence-corrected chi connectivity index (χ3v) is 2.25. The zero-order chi connectivity index (χ0) is 11.6. The quantitative estimate of drug-likeness (QED) is 0.758. The highest BCUT2D eigenvalue weighted by atomic mass is 19.1. The van der Waals surface area contributed by atoms with E-state index in [4.69, 9.17) is 9.84 Å². The van der Waals surface area contributed by atoms with Crippen LogP contribution in [0, 0.1) is 5.92 Å². The third kappa shape index (κ3) is 3.34. The van der Waals surface area contributed by atoms with Crippen molar-refractivity contribution in [3.8, 4) is 0 Å². The maximum atomic E-state index is 12.9. The Labute approximate surface area is 89.0 Å². The van der Waals surface area contributed by atoms with Crippen LogP contribution in [0.1, 0.15) is 20.8 Å². The lowest BCUT2D eigenvalue weighted by Gasteiger charge is -2.40. The van der Waals surface area contributed by atoms with Crippen LogP contribution in [0.5, 0.6) is 0 Å². The number of aliphatic hydroxyl groups excluding tert-OH is 1. The molecule has 1 N–H and O–H groups in total. The standard InChI is InChI=1S/C10H18FNO3/c1-10(2,3)15-9(14)12-4-7(5-12)8(11)6-13/h7-8,13H,4-6H2,1-3H3/t8-/m0/s1. The predicted octanol–water partition coefficient (Wildman–Crippen LogP) is 1.18. The van der Waals surface area contributed by atoms with Crippen molar-refractivity contribution in [1.82, 2.24) is 4.90 Å². The van der Waals surface area contributed by atoms with E-state index in [0.717, 1.165) is 0 Å². The normalized spacial score (nSPS) is 19.7. The number of hydrogen-bond donors (Lipinski definition) is 1. The number of ether oxygens (including phenoxy) is 1. The fourth-order valence-electron chi connectivity index (χ4n) is 1.37. The van der Waals surface area contributed by atoms with Gasteiger partial charge in [0, 0.05) is 19.0 Å². The van der Waals surface area contributed by atoms with Crippen molar-refractivity contribution < 1.29 is 19.0 Å². The van der Waals surface area contributed by atoms with Crippen LogP contribution in [-0.2, 0) is 4.74 Å². The first kappa shape index (κ1) is 12.2. The Hall–Kier alpha value is -0.840. The van der Waals surface area contributed by atoms with Crippen LogP contribution in [0.2, 0.25) is 0 Å². The summed E-state index contributed by atoms with van der Waals surface area (Å²) in [5.74, 6) is -0.248. The lowest BCUT2D eigenvalue weighted by atomic mass is 9.96. The number of aliphatic hydroxyl groups is 1. The van der Waals surface area contributed by atoms with Crippen molar-refractivity contribution in [2.75, 3.05) is 19.7 Å². The van der Waals surface area contributed by atoms with Crippen molar-refractivity contribution in [3.05, 3.63) is 0 Å². The van der Waals surface area contributed by atoms with Crippen LogP contribution in [0.4, 0.5) is 9.18 Å². The lowest BCUT2D eigenvalue weighted by molar-refractivity contribution is -0.0226. The Morgan fingerprint density at radius 1 is 1.60 bits per heavy atom. The van der Waals surface area contributed by atoms with Gasteiger partial charge in [0.05, 0.1) is 6.61 Å². The molecular formula is C10H18FNO3. The first-order valence-electron chi connectivity index (χ1n) is 5.06. The van der Waals surface area contributed by atoms with Gasteiger partial charge in [-0.3, -0.25) is 0 Å². The van der Waals surface area contributed by atoms with E-state index in [1.807, 2.05) is 0 Å². The maximum absolute atomic E-state index is 12.9. The van der Waals surface area contributed by atoms with Gasteiger partial charge in [0.2, 0.25) is 0 Å². The molecule has 0 aromatic heterocycles. The number of carbonyl (C=O) groups is 1. The molecule has 1 atom stereocenters. The monoisotopic (exact) mass is 219 g/mol. The molecule has 1 aliphatic heterocycles. The lowest BCUT2D eigenvalue weighted by Crippen LogP contribution is -2.55. The molecule has 0 radical (unpaired) electrons. The van der Waals surface area contributed by atoms with E-state index < -0.39 is 24.5 Å². The minimum Gasteiger partial charge on any atom is -0.444 e. The van der Waals surface area contributed by atoms with Gasteiger partial charge >= 0.3 is 6.09 Å². The van der Waals surface area contributed by atoms with Crippen LogP contribution in [-0.4, -0.2) is 47.6 Å². The summed E-state index contributed by atoms with van der Waals surface area (Å²) in [7, 11) is 0. The maximum Gasteiger partial charge on any atom is 0.410 e. The van der Waals surface area contributed by atoms with Gasteiger partial charge in [0.15, 0.2) is 0 Å². The van der Waals surface area contributed by atoms with Gasteiger partial charge in [-0.15, -0.1) is 0 Å². The smallest absolute Gasteiger partial charge is 0.410 e. The molecule has 0 unspecified atom stereocenters. The Morgan fingerprint density at radius 2 is 2.13 bits per heavy atom. The number of amides is 1. The van der Waals surface area contributed by atoms with Crippen molar-refractivity contribution in [3.63, 3.8) is 0 Å². The van der Waals surface area contributed by atoms with Gasteiger partial charge in [0.1, 0.15) is 11.8 Å². The molecule has 1 amide bonds. The molecule has 1 fully saturated rings. The second kappa shape index (κ2) is 4.35. The van der Waals surface area contributed by atoms with E-state index in [9.17, 15) is 9.18 Å². The predicted molar refractivity (Wildman–Crippen MR) is 53.3 cm³/mol. The van der Waals surface area contributed by atoms with Gasteiger partial charge in [-0.25, -0.2) is 9.18 Å². The molecule has 0 aromatic carbocycles. The SMILES string of the molecule is CC(C)(C)OC(=O)N1CC([C@@H](F)CO)C1. The summed E-state index contributed by atoms with van der Waals surface area (Å²) in [6.07, 6.45) is -1.65. The zero-order valence-corrected chi connectivity index (χ0v) is 9.36. The van der Waals surface area contributed by atoms with E-state index in [2.05, 4.69) is 0 Å². The molecule has 0 saturated carbocycles. The summed E-state index contributed by atoms with van der Waals surface area (Å²) in [5, 5.41) is 8.57. The van der Waals surface area contributed by atoms with Gasteiger partial charge in [-0.05, 0) is 20.8 Å². The first-order chi connectivity index (χ1) is 6.83. The Bertz CT molecular complexity index is 233. The number of alkyl halides is 1. The van der Waals surface area contributed by atoms with E-state index in [1.165, 1.54) is 4.90 Å². The Morgan fingerprint density at radius 3 is 2.53 bits per heavy atom. The van der Waals surface area contributed by atoms with Gasteiger partial charge in [0.25, 0.3) is 0 Å².